The number of nitrogens with zero attached hydrogens (tertiary/aromatic N) is 2. The summed E-state index contributed by atoms with van der Waals surface area (Å²) in [4.78, 5) is 29.3. The molecule has 3 heterocycles. The molecule has 9 heteroatoms. The second kappa shape index (κ2) is 6.54. The second-order valence-corrected chi connectivity index (χ2v) is 6.91. The summed E-state index contributed by atoms with van der Waals surface area (Å²) in [6, 6.07) is 2.65. The molecular formula is C15H14N4O3S2. The van der Waals surface area contributed by atoms with Crippen LogP contribution in [0.3, 0.4) is 0 Å². The summed E-state index contributed by atoms with van der Waals surface area (Å²) >= 11 is 2.88. The van der Waals surface area contributed by atoms with Crippen molar-refractivity contribution in [2.75, 3.05) is 0 Å². The molecule has 0 fully saturated rings. The summed E-state index contributed by atoms with van der Waals surface area (Å²) in [5, 5.41) is 23.0. The van der Waals surface area contributed by atoms with E-state index in [1.165, 1.54) is 22.7 Å². The number of thiophene rings is 1. The van der Waals surface area contributed by atoms with Crippen LogP contribution in [0.25, 0.3) is 9.88 Å². The first-order chi connectivity index (χ1) is 11.5. The maximum absolute atomic E-state index is 12.4. The standard InChI is InChI=1S/C15H14N4O3S2/c1-7-11(8(2)19-18-7)12(15(21)22)17-13(20)9-6-24-14(16-9)10-4-3-5-23-10/h3-6,12H,1-2H3,(H,17,20)(H,18,19)(H,21,22)/t12-/m0/s1. The zero-order valence-electron chi connectivity index (χ0n) is 12.9. The summed E-state index contributed by atoms with van der Waals surface area (Å²) in [6.45, 7) is 3.41. The Kier molecular flexibility index (Phi) is 4.45. The number of hydrogen-bond acceptors (Lipinski definition) is 6. The van der Waals surface area contributed by atoms with E-state index in [1.807, 2.05) is 17.5 Å². The van der Waals surface area contributed by atoms with Gasteiger partial charge < -0.3 is 10.4 Å². The fraction of sp³-hybridized carbons (Fsp3) is 0.200. The van der Waals surface area contributed by atoms with Crippen LogP contribution in [0.5, 0.6) is 0 Å². The molecule has 0 radical (unpaired) electrons. The third-order valence-electron chi connectivity index (χ3n) is 3.46. The molecule has 0 aliphatic rings. The predicted octanol–water partition coefficient (Wildman–Crippen LogP) is 2.77. The van der Waals surface area contributed by atoms with Gasteiger partial charge in [0.05, 0.1) is 10.6 Å². The fourth-order valence-corrected chi connectivity index (χ4v) is 3.95. The van der Waals surface area contributed by atoms with Gasteiger partial charge in [-0.15, -0.1) is 22.7 Å². The van der Waals surface area contributed by atoms with Crippen LogP contribution in [-0.2, 0) is 4.79 Å². The SMILES string of the molecule is Cc1n[nH]c(C)c1[C@H](NC(=O)c1csc(-c2cccs2)n1)C(=O)O. The van der Waals surface area contributed by atoms with Crippen LogP contribution >= 0.6 is 22.7 Å². The Labute approximate surface area is 145 Å². The third kappa shape index (κ3) is 3.08. The molecular weight excluding hydrogens is 348 g/mol. The van der Waals surface area contributed by atoms with Gasteiger partial charge in [-0.3, -0.25) is 9.89 Å². The number of carbonyl (C=O) groups excluding carboxylic acids is 1. The largest absolute Gasteiger partial charge is 0.479 e. The molecule has 0 spiro atoms. The molecule has 1 amide bonds. The minimum absolute atomic E-state index is 0.202. The molecule has 0 aliphatic carbocycles. The highest BCUT2D eigenvalue weighted by atomic mass is 32.1. The van der Waals surface area contributed by atoms with Crippen LogP contribution in [0.2, 0.25) is 0 Å². The zero-order chi connectivity index (χ0) is 17.3. The Morgan fingerprint density at radius 1 is 1.33 bits per heavy atom. The van der Waals surface area contributed by atoms with Crippen molar-refractivity contribution in [1.82, 2.24) is 20.5 Å². The Bertz CT molecular complexity index is 863. The van der Waals surface area contributed by atoms with Crippen LogP contribution in [0.15, 0.2) is 22.9 Å². The van der Waals surface area contributed by atoms with Crippen LogP contribution < -0.4 is 5.32 Å². The smallest absolute Gasteiger partial charge is 0.331 e. The molecule has 24 heavy (non-hydrogen) atoms. The first kappa shape index (κ1) is 16.3. The Balaban J connectivity index is 1.83. The van der Waals surface area contributed by atoms with Gasteiger partial charge in [0.25, 0.3) is 5.91 Å². The Morgan fingerprint density at radius 2 is 2.12 bits per heavy atom. The summed E-state index contributed by atoms with van der Waals surface area (Å²) in [6.07, 6.45) is 0. The third-order valence-corrected chi connectivity index (χ3v) is 5.35. The molecule has 0 saturated heterocycles. The molecule has 1 atom stereocenters. The molecule has 3 N–H and O–H groups in total. The van der Waals surface area contributed by atoms with Crippen LogP contribution in [0.1, 0.15) is 33.5 Å². The van der Waals surface area contributed by atoms with Gasteiger partial charge in [0, 0.05) is 16.6 Å². The van der Waals surface area contributed by atoms with E-state index in [0.29, 0.717) is 17.0 Å². The van der Waals surface area contributed by atoms with Crippen molar-refractivity contribution in [2.24, 2.45) is 0 Å². The number of thiazole rings is 1. The van der Waals surface area contributed by atoms with Gasteiger partial charge in [-0.1, -0.05) is 6.07 Å². The summed E-state index contributed by atoms with van der Waals surface area (Å²) in [5.74, 6) is -1.67. The lowest BCUT2D eigenvalue weighted by atomic mass is 10.0. The molecule has 3 aromatic heterocycles. The van der Waals surface area contributed by atoms with Crippen LogP contribution in [0, 0.1) is 13.8 Å². The topological polar surface area (TPSA) is 108 Å². The monoisotopic (exact) mass is 362 g/mol. The minimum atomic E-state index is -1.18. The quantitative estimate of drug-likeness (QED) is 0.647. The van der Waals surface area contributed by atoms with Crippen molar-refractivity contribution in [2.45, 2.75) is 19.9 Å². The molecule has 7 nitrogen and oxygen atoms in total. The van der Waals surface area contributed by atoms with Crippen molar-refractivity contribution >= 4 is 34.6 Å². The van der Waals surface area contributed by atoms with E-state index in [-0.39, 0.29) is 5.69 Å². The van der Waals surface area contributed by atoms with Crippen LogP contribution in [-0.4, -0.2) is 32.2 Å². The number of amides is 1. The summed E-state index contributed by atoms with van der Waals surface area (Å²) in [5.41, 5.74) is 1.81. The number of H-pyrrole nitrogens is 1. The van der Waals surface area contributed by atoms with Crippen molar-refractivity contribution in [1.29, 1.82) is 0 Å². The number of carboxylic acid groups (broad SMARTS) is 1. The lowest BCUT2D eigenvalue weighted by Gasteiger charge is -2.14. The zero-order valence-corrected chi connectivity index (χ0v) is 14.5. The van der Waals surface area contributed by atoms with E-state index in [4.69, 9.17) is 0 Å². The molecule has 0 unspecified atom stereocenters. The molecule has 0 bridgehead atoms. The fourth-order valence-electron chi connectivity index (χ4n) is 2.34. The lowest BCUT2D eigenvalue weighted by Crippen LogP contribution is -2.34. The van der Waals surface area contributed by atoms with Crippen molar-refractivity contribution in [3.05, 3.63) is 45.5 Å². The lowest BCUT2D eigenvalue weighted by molar-refractivity contribution is -0.139. The average Bonchev–Trinajstić information content (AvgIpc) is 3.26. The van der Waals surface area contributed by atoms with Gasteiger partial charge in [-0.05, 0) is 25.3 Å². The number of aromatic nitrogens is 3. The number of aromatic amines is 1. The number of carbonyl (C=O) groups is 2. The number of rotatable bonds is 5. The van der Waals surface area contributed by atoms with Crippen LogP contribution in [0.4, 0.5) is 0 Å². The number of aryl methyl sites for hydroxylation is 2. The maximum Gasteiger partial charge on any atom is 0.331 e. The van der Waals surface area contributed by atoms with E-state index in [9.17, 15) is 14.7 Å². The molecule has 3 rings (SSSR count). The Morgan fingerprint density at radius 3 is 2.71 bits per heavy atom. The van der Waals surface area contributed by atoms with Gasteiger partial charge in [0.2, 0.25) is 0 Å². The van der Waals surface area contributed by atoms with Crippen molar-refractivity contribution in [3.8, 4) is 9.88 Å². The van der Waals surface area contributed by atoms with Crippen molar-refractivity contribution < 1.29 is 14.7 Å². The molecule has 0 saturated carbocycles. The van der Waals surface area contributed by atoms with E-state index >= 15 is 0 Å². The highest BCUT2D eigenvalue weighted by Crippen LogP contribution is 2.28. The van der Waals surface area contributed by atoms with Gasteiger partial charge in [0.1, 0.15) is 10.7 Å². The van der Waals surface area contributed by atoms with Gasteiger partial charge in [-0.2, -0.15) is 5.10 Å². The van der Waals surface area contributed by atoms with E-state index in [2.05, 4.69) is 20.5 Å². The number of carboxylic acids is 1. The van der Waals surface area contributed by atoms with E-state index < -0.39 is 17.9 Å². The van der Waals surface area contributed by atoms with Gasteiger partial charge in [-0.25, -0.2) is 9.78 Å². The van der Waals surface area contributed by atoms with Crippen molar-refractivity contribution in [3.63, 3.8) is 0 Å². The summed E-state index contributed by atoms with van der Waals surface area (Å²) in [7, 11) is 0. The molecule has 3 aromatic rings. The van der Waals surface area contributed by atoms with E-state index in [0.717, 1.165) is 9.88 Å². The molecule has 0 aromatic carbocycles. The number of nitrogens with one attached hydrogen (secondary N) is 2. The normalized spacial score (nSPS) is 12.1. The van der Waals surface area contributed by atoms with E-state index in [1.54, 1.807) is 19.2 Å². The van der Waals surface area contributed by atoms with Gasteiger partial charge in [0.15, 0.2) is 6.04 Å². The highest BCUT2D eigenvalue weighted by Gasteiger charge is 2.28. The van der Waals surface area contributed by atoms with Gasteiger partial charge >= 0.3 is 5.97 Å². The second-order valence-electron chi connectivity index (χ2n) is 5.11. The Hall–Kier alpha value is -2.52. The predicted molar refractivity (Wildman–Crippen MR) is 91.3 cm³/mol. The summed E-state index contributed by atoms with van der Waals surface area (Å²) < 4.78 is 0. The number of hydrogen-bond donors (Lipinski definition) is 3. The highest BCUT2D eigenvalue weighted by molar-refractivity contribution is 7.20. The number of aliphatic carboxylic acids is 1. The first-order valence-corrected chi connectivity index (χ1v) is 8.78. The molecule has 0 aliphatic heterocycles. The molecule has 124 valence electrons. The average molecular weight is 362 g/mol. The minimum Gasteiger partial charge on any atom is -0.479 e. The maximum atomic E-state index is 12.4. The first-order valence-electron chi connectivity index (χ1n) is 7.02.